The maximum Gasteiger partial charge on any atom is 0.117 e. The molecule has 3 nitrogen and oxygen atoms in total. The lowest BCUT2D eigenvalue weighted by molar-refractivity contribution is -0.0105. The third-order valence-electron chi connectivity index (χ3n) is 3.83. The third kappa shape index (κ3) is 2.51. The van der Waals surface area contributed by atoms with Crippen molar-refractivity contribution in [1.29, 1.82) is 0 Å². The van der Waals surface area contributed by atoms with E-state index in [2.05, 4.69) is 12.2 Å². The molecule has 3 unspecified atom stereocenters. The molecular formula is C14H22N2O. The molecule has 0 radical (unpaired) electrons. The van der Waals surface area contributed by atoms with Crippen molar-refractivity contribution in [3.05, 3.63) is 35.9 Å². The van der Waals surface area contributed by atoms with E-state index >= 15 is 0 Å². The molecule has 1 aliphatic rings. The van der Waals surface area contributed by atoms with Crippen molar-refractivity contribution in [2.75, 3.05) is 13.1 Å². The summed E-state index contributed by atoms with van der Waals surface area (Å²) in [6.45, 7) is 3.44. The van der Waals surface area contributed by atoms with E-state index < -0.39 is 5.60 Å². The van der Waals surface area contributed by atoms with Crippen LogP contribution in [0.1, 0.15) is 25.3 Å². The van der Waals surface area contributed by atoms with E-state index in [4.69, 9.17) is 5.73 Å². The summed E-state index contributed by atoms with van der Waals surface area (Å²) in [5.74, 6) is 0.642. The maximum absolute atomic E-state index is 10.8. The molecule has 17 heavy (non-hydrogen) atoms. The summed E-state index contributed by atoms with van der Waals surface area (Å²) in [6.07, 6.45) is 2.15. The first-order chi connectivity index (χ1) is 8.16. The predicted molar refractivity (Wildman–Crippen MR) is 69.6 cm³/mol. The van der Waals surface area contributed by atoms with Crippen molar-refractivity contribution >= 4 is 0 Å². The molecule has 1 fully saturated rings. The van der Waals surface area contributed by atoms with Crippen LogP contribution in [-0.2, 0) is 5.60 Å². The molecule has 0 bridgehead atoms. The fourth-order valence-corrected chi connectivity index (χ4v) is 2.66. The number of piperidine rings is 1. The summed E-state index contributed by atoms with van der Waals surface area (Å²) in [5, 5.41) is 14.3. The highest BCUT2D eigenvalue weighted by molar-refractivity contribution is 5.25. The Bertz CT molecular complexity index is 354. The van der Waals surface area contributed by atoms with E-state index in [1.807, 2.05) is 30.3 Å². The Hall–Kier alpha value is -0.900. The van der Waals surface area contributed by atoms with E-state index in [-0.39, 0.29) is 12.6 Å². The van der Waals surface area contributed by atoms with Crippen LogP contribution in [0.3, 0.4) is 0 Å². The molecule has 0 aliphatic carbocycles. The van der Waals surface area contributed by atoms with Gasteiger partial charge in [0.25, 0.3) is 0 Å². The summed E-state index contributed by atoms with van der Waals surface area (Å²) in [4.78, 5) is 0. The maximum atomic E-state index is 10.8. The van der Waals surface area contributed by atoms with Gasteiger partial charge in [0.2, 0.25) is 0 Å². The number of aliphatic hydroxyl groups is 1. The number of nitrogens with two attached hydrogens (primary N) is 1. The topological polar surface area (TPSA) is 58.3 Å². The van der Waals surface area contributed by atoms with Gasteiger partial charge in [0.15, 0.2) is 0 Å². The lowest BCUT2D eigenvalue weighted by atomic mass is 9.79. The average molecular weight is 234 g/mol. The van der Waals surface area contributed by atoms with Gasteiger partial charge in [-0.05, 0) is 30.9 Å². The molecule has 0 amide bonds. The van der Waals surface area contributed by atoms with Gasteiger partial charge in [-0.25, -0.2) is 0 Å². The number of hydrogen-bond donors (Lipinski definition) is 3. The van der Waals surface area contributed by atoms with Gasteiger partial charge in [-0.3, -0.25) is 0 Å². The van der Waals surface area contributed by atoms with E-state index in [0.29, 0.717) is 5.92 Å². The minimum absolute atomic E-state index is 0.0543. The van der Waals surface area contributed by atoms with E-state index in [0.717, 1.165) is 18.5 Å². The van der Waals surface area contributed by atoms with Gasteiger partial charge in [0, 0.05) is 12.6 Å². The second kappa shape index (κ2) is 5.17. The van der Waals surface area contributed by atoms with Gasteiger partial charge in [-0.15, -0.1) is 0 Å². The summed E-state index contributed by atoms with van der Waals surface area (Å²) in [6, 6.07) is 9.81. The molecule has 1 aliphatic heterocycles. The quantitative estimate of drug-likeness (QED) is 0.737. The Morgan fingerprint density at radius 2 is 2.12 bits per heavy atom. The zero-order chi connectivity index (χ0) is 12.3. The van der Waals surface area contributed by atoms with Crippen molar-refractivity contribution in [2.45, 2.75) is 31.4 Å². The summed E-state index contributed by atoms with van der Waals surface area (Å²) >= 11 is 0. The highest BCUT2D eigenvalue weighted by Crippen LogP contribution is 2.30. The Labute approximate surface area is 103 Å². The molecule has 0 saturated carbocycles. The zero-order valence-corrected chi connectivity index (χ0v) is 10.4. The number of nitrogens with one attached hydrogen (secondary N) is 1. The molecule has 4 N–H and O–H groups in total. The van der Waals surface area contributed by atoms with Crippen molar-refractivity contribution < 1.29 is 5.11 Å². The normalized spacial score (nSPS) is 28.6. The van der Waals surface area contributed by atoms with Crippen LogP contribution in [0.25, 0.3) is 0 Å². The monoisotopic (exact) mass is 234 g/mol. The van der Waals surface area contributed by atoms with E-state index in [9.17, 15) is 5.11 Å². The van der Waals surface area contributed by atoms with Gasteiger partial charge >= 0.3 is 0 Å². The number of hydrogen-bond acceptors (Lipinski definition) is 3. The highest BCUT2D eigenvalue weighted by atomic mass is 16.3. The van der Waals surface area contributed by atoms with Crippen molar-refractivity contribution in [3.63, 3.8) is 0 Å². The minimum atomic E-state index is -0.948. The second-order valence-electron chi connectivity index (χ2n) is 5.13. The molecule has 3 heteroatoms. The average Bonchev–Trinajstić information content (AvgIpc) is 2.39. The van der Waals surface area contributed by atoms with Crippen LogP contribution < -0.4 is 11.1 Å². The highest BCUT2D eigenvalue weighted by Gasteiger charge is 2.39. The zero-order valence-electron chi connectivity index (χ0n) is 10.4. The Morgan fingerprint density at radius 3 is 2.71 bits per heavy atom. The molecule has 1 aromatic rings. The van der Waals surface area contributed by atoms with Crippen molar-refractivity contribution in [2.24, 2.45) is 11.7 Å². The fraction of sp³-hybridized carbons (Fsp3) is 0.571. The molecule has 0 spiro atoms. The van der Waals surface area contributed by atoms with Crippen LogP contribution in [0.4, 0.5) is 0 Å². The van der Waals surface area contributed by atoms with Crippen LogP contribution in [-0.4, -0.2) is 24.2 Å². The molecule has 3 atom stereocenters. The Kier molecular flexibility index (Phi) is 3.82. The largest absolute Gasteiger partial charge is 0.382 e. The summed E-state index contributed by atoms with van der Waals surface area (Å²) in [7, 11) is 0. The molecule has 94 valence electrons. The van der Waals surface area contributed by atoms with Crippen molar-refractivity contribution in [3.8, 4) is 0 Å². The number of benzene rings is 1. The molecule has 0 aromatic heterocycles. The lowest BCUT2D eigenvalue weighted by Gasteiger charge is -2.40. The molecular weight excluding hydrogens is 212 g/mol. The van der Waals surface area contributed by atoms with Gasteiger partial charge < -0.3 is 16.2 Å². The first kappa shape index (κ1) is 12.6. The van der Waals surface area contributed by atoms with Crippen LogP contribution >= 0.6 is 0 Å². The molecule has 1 saturated heterocycles. The minimum Gasteiger partial charge on any atom is -0.382 e. The predicted octanol–water partition coefficient (Wildman–Crippen LogP) is 1.22. The Balaban J connectivity index is 2.24. The van der Waals surface area contributed by atoms with Crippen LogP contribution in [0, 0.1) is 5.92 Å². The van der Waals surface area contributed by atoms with Crippen LogP contribution in [0.5, 0.6) is 0 Å². The van der Waals surface area contributed by atoms with Gasteiger partial charge in [-0.1, -0.05) is 37.3 Å². The first-order valence-corrected chi connectivity index (χ1v) is 6.38. The van der Waals surface area contributed by atoms with Gasteiger partial charge in [0.1, 0.15) is 5.60 Å². The van der Waals surface area contributed by atoms with Gasteiger partial charge in [-0.2, -0.15) is 0 Å². The van der Waals surface area contributed by atoms with Crippen LogP contribution in [0.15, 0.2) is 30.3 Å². The van der Waals surface area contributed by atoms with Crippen LogP contribution in [0.2, 0.25) is 0 Å². The lowest BCUT2D eigenvalue weighted by Crippen LogP contribution is -2.55. The summed E-state index contributed by atoms with van der Waals surface area (Å²) in [5.41, 5.74) is 5.79. The SMILES string of the molecule is CC1CCNC(C(O)(CN)c2ccccc2)C1. The smallest absolute Gasteiger partial charge is 0.117 e. The third-order valence-corrected chi connectivity index (χ3v) is 3.83. The second-order valence-corrected chi connectivity index (χ2v) is 5.13. The molecule has 1 aromatic carbocycles. The Morgan fingerprint density at radius 1 is 1.41 bits per heavy atom. The van der Waals surface area contributed by atoms with E-state index in [1.54, 1.807) is 0 Å². The van der Waals surface area contributed by atoms with Crippen molar-refractivity contribution in [1.82, 2.24) is 5.32 Å². The van der Waals surface area contributed by atoms with E-state index in [1.165, 1.54) is 6.42 Å². The first-order valence-electron chi connectivity index (χ1n) is 6.38. The number of rotatable bonds is 3. The van der Waals surface area contributed by atoms with Gasteiger partial charge in [0.05, 0.1) is 0 Å². The molecule has 2 rings (SSSR count). The fourth-order valence-electron chi connectivity index (χ4n) is 2.66. The molecule has 1 heterocycles. The summed E-state index contributed by atoms with van der Waals surface area (Å²) < 4.78 is 0. The standard InChI is InChI=1S/C14H22N2O/c1-11-7-8-16-13(9-11)14(17,10-15)12-5-3-2-4-6-12/h2-6,11,13,16-17H,7-10,15H2,1H3.